The Morgan fingerprint density at radius 2 is 1.20 bits per heavy atom. The molecule has 0 aliphatic heterocycles. The zero-order valence-corrected chi connectivity index (χ0v) is 13.7. The maximum absolute atomic E-state index is 9.81. The standard InChI is InChI=1S/C17H34NO2/c1-3-18(4-2)15-13-11-9-7-5-6-8-10-12-14-16-20-17-19/h3-16H2,1-2H3. The lowest BCUT2D eigenvalue weighted by molar-refractivity contribution is 0.268. The van der Waals surface area contributed by atoms with Crippen molar-refractivity contribution in [2.75, 3.05) is 26.2 Å². The van der Waals surface area contributed by atoms with Crippen molar-refractivity contribution in [2.45, 2.75) is 78.1 Å². The fraction of sp³-hybridized carbons (Fsp3) is 0.941. The van der Waals surface area contributed by atoms with Gasteiger partial charge in [0.2, 0.25) is 0 Å². The first-order valence-electron chi connectivity index (χ1n) is 8.56. The zero-order valence-electron chi connectivity index (χ0n) is 13.7. The first-order chi connectivity index (χ1) is 9.85. The molecule has 0 atom stereocenters. The fourth-order valence-electron chi connectivity index (χ4n) is 2.51. The molecule has 0 bridgehead atoms. The summed E-state index contributed by atoms with van der Waals surface area (Å²) in [6.07, 6.45) is 13.0. The van der Waals surface area contributed by atoms with Gasteiger partial charge in [0.1, 0.15) is 0 Å². The van der Waals surface area contributed by atoms with E-state index in [1.54, 1.807) is 0 Å². The summed E-state index contributed by atoms with van der Waals surface area (Å²) in [5.74, 6) is 0. The Bertz CT molecular complexity index is 193. The van der Waals surface area contributed by atoms with Crippen LogP contribution in [0, 0.1) is 0 Å². The topological polar surface area (TPSA) is 29.5 Å². The van der Waals surface area contributed by atoms with Gasteiger partial charge in [-0.2, -0.15) is 0 Å². The molecule has 0 aromatic rings. The van der Waals surface area contributed by atoms with Gasteiger partial charge in [0.05, 0.1) is 6.61 Å². The summed E-state index contributed by atoms with van der Waals surface area (Å²) in [6.45, 7) is 10.1. The summed E-state index contributed by atoms with van der Waals surface area (Å²) in [7, 11) is 0. The molecule has 0 amide bonds. The van der Waals surface area contributed by atoms with Crippen LogP contribution in [0.15, 0.2) is 0 Å². The zero-order chi connectivity index (χ0) is 14.9. The average molecular weight is 284 g/mol. The minimum Gasteiger partial charge on any atom is -0.457 e. The van der Waals surface area contributed by atoms with E-state index in [0.29, 0.717) is 6.61 Å². The number of hydrogen-bond donors (Lipinski definition) is 0. The van der Waals surface area contributed by atoms with Gasteiger partial charge in [-0.25, -0.2) is 4.79 Å². The predicted molar refractivity (Wildman–Crippen MR) is 85.6 cm³/mol. The molecule has 0 aliphatic rings. The third-order valence-corrected chi connectivity index (χ3v) is 3.92. The van der Waals surface area contributed by atoms with E-state index < -0.39 is 0 Å². The molecule has 0 rings (SSSR count). The molecule has 0 spiro atoms. The highest BCUT2D eigenvalue weighted by atomic mass is 16.5. The van der Waals surface area contributed by atoms with E-state index in [4.69, 9.17) is 0 Å². The van der Waals surface area contributed by atoms with E-state index in [-0.39, 0.29) is 0 Å². The van der Waals surface area contributed by atoms with Crippen LogP contribution in [0.25, 0.3) is 0 Å². The van der Waals surface area contributed by atoms with Crippen LogP contribution in [0.1, 0.15) is 78.1 Å². The molecule has 0 aromatic carbocycles. The van der Waals surface area contributed by atoms with Crippen molar-refractivity contribution in [2.24, 2.45) is 0 Å². The summed E-state index contributed by atoms with van der Waals surface area (Å²) in [5.41, 5.74) is 0. The van der Waals surface area contributed by atoms with E-state index in [1.165, 1.54) is 83.9 Å². The number of unbranched alkanes of at least 4 members (excludes halogenated alkanes) is 9. The molecule has 0 saturated heterocycles. The Labute approximate surface area is 126 Å². The van der Waals surface area contributed by atoms with Crippen molar-refractivity contribution in [3.05, 3.63) is 0 Å². The van der Waals surface area contributed by atoms with Crippen LogP contribution >= 0.6 is 0 Å². The van der Waals surface area contributed by atoms with Gasteiger partial charge in [0.15, 0.2) is 0 Å². The second kappa shape index (κ2) is 16.5. The molecule has 0 aromatic heterocycles. The number of nitrogens with zero attached hydrogens (tertiary/aromatic N) is 1. The van der Waals surface area contributed by atoms with E-state index >= 15 is 0 Å². The van der Waals surface area contributed by atoms with Crippen LogP contribution < -0.4 is 0 Å². The molecule has 0 unspecified atom stereocenters. The van der Waals surface area contributed by atoms with Gasteiger partial charge >= 0.3 is 6.47 Å². The first-order valence-corrected chi connectivity index (χ1v) is 8.56. The summed E-state index contributed by atoms with van der Waals surface area (Å²) in [5, 5.41) is 0. The van der Waals surface area contributed by atoms with Crippen LogP contribution in [-0.2, 0) is 9.53 Å². The van der Waals surface area contributed by atoms with Gasteiger partial charge in [-0.05, 0) is 32.5 Å². The summed E-state index contributed by atoms with van der Waals surface area (Å²) >= 11 is 0. The average Bonchev–Trinajstić information content (AvgIpc) is 2.48. The normalized spacial score (nSPS) is 10.9. The number of hydrogen-bond acceptors (Lipinski definition) is 3. The maximum atomic E-state index is 9.81. The van der Waals surface area contributed by atoms with Gasteiger partial charge < -0.3 is 9.64 Å². The van der Waals surface area contributed by atoms with Crippen LogP contribution in [-0.4, -0.2) is 37.6 Å². The van der Waals surface area contributed by atoms with Crippen molar-refractivity contribution < 1.29 is 9.53 Å². The van der Waals surface area contributed by atoms with Crippen LogP contribution in [0.5, 0.6) is 0 Å². The molecule has 0 N–H and O–H groups in total. The Morgan fingerprint density at radius 3 is 1.65 bits per heavy atom. The minimum absolute atomic E-state index is 0.538. The molecule has 1 radical (unpaired) electrons. The van der Waals surface area contributed by atoms with E-state index in [0.717, 1.165) is 6.42 Å². The van der Waals surface area contributed by atoms with Gasteiger partial charge in [0.25, 0.3) is 0 Å². The molecular formula is C17H34NO2. The van der Waals surface area contributed by atoms with E-state index in [2.05, 4.69) is 23.5 Å². The van der Waals surface area contributed by atoms with Gasteiger partial charge in [-0.15, -0.1) is 0 Å². The summed E-state index contributed by atoms with van der Waals surface area (Å²) in [4.78, 5) is 12.3. The third-order valence-electron chi connectivity index (χ3n) is 3.92. The van der Waals surface area contributed by atoms with Crippen molar-refractivity contribution in [3.63, 3.8) is 0 Å². The highest BCUT2D eigenvalue weighted by molar-refractivity contribution is 5.37. The van der Waals surface area contributed by atoms with Crippen molar-refractivity contribution in [1.29, 1.82) is 0 Å². The van der Waals surface area contributed by atoms with Gasteiger partial charge in [0, 0.05) is 0 Å². The summed E-state index contributed by atoms with van der Waals surface area (Å²) < 4.78 is 4.54. The molecule has 119 valence electrons. The Hall–Kier alpha value is -0.570. The molecular weight excluding hydrogens is 250 g/mol. The monoisotopic (exact) mass is 284 g/mol. The largest absolute Gasteiger partial charge is 0.457 e. The highest BCUT2D eigenvalue weighted by Crippen LogP contribution is 2.10. The Balaban J connectivity index is 3.04. The van der Waals surface area contributed by atoms with Crippen LogP contribution in [0.3, 0.4) is 0 Å². The quantitative estimate of drug-likeness (QED) is 0.395. The van der Waals surface area contributed by atoms with Crippen molar-refractivity contribution >= 4 is 6.47 Å². The number of carbonyl (C=O) groups excluding carboxylic acids is 1. The second-order valence-corrected chi connectivity index (χ2v) is 5.49. The third kappa shape index (κ3) is 13.9. The fourth-order valence-corrected chi connectivity index (χ4v) is 2.51. The van der Waals surface area contributed by atoms with Crippen LogP contribution in [0.2, 0.25) is 0 Å². The van der Waals surface area contributed by atoms with E-state index in [1.807, 2.05) is 0 Å². The molecule has 3 nitrogen and oxygen atoms in total. The SMILES string of the molecule is CCN(CC)CCCCCCCCCCCCO[C]=O. The maximum Gasteiger partial charge on any atom is 0.417 e. The lowest BCUT2D eigenvalue weighted by atomic mass is 10.1. The number of rotatable bonds is 16. The molecule has 20 heavy (non-hydrogen) atoms. The minimum atomic E-state index is 0.538. The van der Waals surface area contributed by atoms with Crippen molar-refractivity contribution in [1.82, 2.24) is 4.90 Å². The second-order valence-electron chi connectivity index (χ2n) is 5.49. The predicted octanol–water partition coefficient (Wildman–Crippen LogP) is 4.31. The van der Waals surface area contributed by atoms with Gasteiger partial charge in [-0.1, -0.05) is 65.2 Å². The van der Waals surface area contributed by atoms with Crippen LogP contribution in [0.4, 0.5) is 0 Å². The lowest BCUT2D eigenvalue weighted by Crippen LogP contribution is -2.23. The Morgan fingerprint density at radius 1 is 0.750 bits per heavy atom. The number of ether oxygens (including phenoxy) is 1. The molecule has 0 fully saturated rings. The lowest BCUT2D eigenvalue weighted by Gasteiger charge is -2.17. The molecule has 0 saturated carbocycles. The summed E-state index contributed by atoms with van der Waals surface area (Å²) in [6, 6.07) is 0. The molecule has 3 heteroatoms. The van der Waals surface area contributed by atoms with Gasteiger partial charge in [-0.3, -0.25) is 0 Å². The smallest absolute Gasteiger partial charge is 0.417 e. The highest BCUT2D eigenvalue weighted by Gasteiger charge is 1.98. The van der Waals surface area contributed by atoms with E-state index in [9.17, 15) is 4.79 Å². The first kappa shape index (κ1) is 19.4. The molecule has 0 heterocycles. The van der Waals surface area contributed by atoms with Crippen molar-refractivity contribution in [3.8, 4) is 0 Å². The molecule has 0 aliphatic carbocycles. The Kier molecular flexibility index (Phi) is 16.0.